The van der Waals surface area contributed by atoms with Gasteiger partial charge in [-0.3, -0.25) is 0 Å². The molecule has 0 heteroatoms. The van der Waals surface area contributed by atoms with E-state index in [9.17, 15) is 0 Å². The van der Waals surface area contributed by atoms with Gasteiger partial charge in [-0.25, -0.2) is 0 Å². The van der Waals surface area contributed by atoms with Crippen molar-refractivity contribution in [3.05, 3.63) is 181 Å². The number of hydrogen-bond donors (Lipinski definition) is 0. The van der Waals surface area contributed by atoms with E-state index >= 15 is 0 Å². The number of hydrogen-bond acceptors (Lipinski definition) is 0. The minimum atomic E-state index is -0.457. The normalized spacial score (nSPS) is 14.9. The van der Waals surface area contributed by atoms with Gasteiger partial charge in [-0.15, -0.1) is 0 Å². The predicted octanol–water partition coefficient (Wildman–Crippen LogP) is 15.6. The lowest BCUT2D eigenvalue weighted by Gasteiger charge is -2.27. The van der Waals surface area contributed by atoms with E-state index in [-0.39, 0.29) is 46.1 Å². The molecular weight excluding hydrogens is 649 g/mol. The molecule has 0 amide bonds. The molecule has 0 aliphatic rings. The molecule has 0 spiro atoms. The van der Waals surface area contributed by atoms with Crippen LogP contribution in [-0.4, -0.2) is 0 Å². The van der Waals surface area contributed by atoms with Crippen LogP contribution in [0.2, 0.25) is 0 Å². The lowest BCUT2D eigenvalue weighted by atomic mass is 9.77. The monoisotopic (exact) mass is 704 g/mol. The molecule has 0 fully saturated rings. The van der Waals surface area contributed by atoms with Gasteiger partial charge in [-0.2, -0.15) is 0 Å². The number of benzene rings is 9. The summed E-state index contributed by atoms with van der Waals surface area (Å²) in [5.74, 6) is 0. The van der Waals surface area contributed by atoms with Crippen LogP contribution in [0.3, 0.4) is 0 Å². The molecule has 0 bridgehead atoms. The van der Waals surface area contributed by atoms with E-state index in [1.807, 2.05) is 36.4 Å². The quantitative estimate of drug-likeness (QED) is 0.126. The summed E-state index contributed by atoms with van der Waals surface area (Å²) in [6, 6.07) is 33.3. The number of rotatable bonds is 4. The molecule has 0 nitrogen and oxygen atoms in total. The average molecular weight is 705 g/mol. The van der Waals surface area contributed by atoms with Gasteiger partial charge < -0.3 is 0 Å². The van der Waals surface area contributed by atoms with Crippen LogP contribution in [0.4, 0.5) is 0 Å². The van der Waals surface area contributed by atoms with E-state index < -0.39 is 36.3 Å². The summed E-state index contributed by atoms with van der Waals surface area (Å²) >= 11 is 0. The molecule has 9 rings (SSSR count). The van der Waals surface area contributed by atoms with Gasteiger partial charge in [-0.1, -0.05) is 193 Å². The van der Waals surface area contributed by atoms with Gasteiger partial charge in [0, 0.05) is 0 Å². The fraction of sp³-hybridized carbons (Fsp3) is 0.148. The van der Waals surface area contributed by atoms with Gasteiger partial charge in [0.2, 0.25) is 0 Å². The lowest BCUT2D eigenvalue weighted by Crippen LogP contribution is -2.16. The Morgan fingerprint density at radius 1 is 0.352 bits per heavy atom. The van der Waals surface area contributed by atoms with Crippen molar-refractivity contribution < 1.29 is 13.7 Å². The predicted molar refractivity (Wildman–Crippen MR) is 236 cm³/mol. The van der Waals surface area contributed by atoms with Crippen LogP contribution >= 0.6 is 0 Å². The van der Waals surface area contributed by atoms with Crippen molar-refractivity contribution in [3.8, 4) is 44.5 Å². The molecule has 0 unspecified atom stereocenters. The zero-order valence-corrected chi connectivity index (χ0v) is 31.4. The highest BCUT2D eigenvalue weighted by Crippen LogP contribution is 2.48. The molecule has 0 saturated carbocycles. The van der Waals surface area contributed by atoms with Gasteiger partial charge in [0.25, 0.3) is 0 Å². The van der Waals surface area contributed by atoms with E-state index in [0.29, 0.717) is 11.1 Å². The fourth-order valence-electron chi connectivity index (χ4n) is 7.84. The Kier molecular flexibility index (Phi) is 5.80. The second kappa shape index (κ2) is 12.9. The second-order valence-electron chi connectivity index (χ2n) is 16.3. The Morgan fingerprint density at radius 2 is 0.815 bits per heavy atom. The third-order valence-corrected chi connectivity index (χ3v) is 10.7. The number of fused-ring (bicyclic) bond motifs is 5. The molecule has 0 heterocycles. The van der Waals surface area contributed by atoms with Gasteiger partial charge in [-0.05, 0) is 128 Å². The molecule has 0 radical (unpaired) electrons. The first-order chi connectivity index (χ1) is 30.2. The first-order valence-corrected chi connectivity index (χ1v) is 18.4. The van der Waals surface area contributed by atoms with Gasteiger partial charge >= 0.3 is 0 Å². The Bertz CT molecular complexity index is 3320. The molecule has 0 atom stereocenters. The molecule has 0 aromatic heterocycles. The summed E-state index contributed by atoms with van der Waals surface area (Å²) in [6.45, 7) is 13.4. The van der Waals surface area contributed by atoms with Crippen LogP contribution in [0.5, 0.6) is 0 Å². The first kappa shape index (κ1) is 24.4. The van der Waals surface area contributed by atoms with Crippen molar-refractivity contribution in [2.24, 2.45) is 0 Å². The summed E-state index contributed by atoms with van der Waals surface area (Å²) in [6.07, 6.45) is 0. The second-order valence-corrected chi connectivity index (χ2v) is 16.3. The lowest BCUT2D eigenvalue weighted by molar-refractivity contribution is 0.569. The largest absolute Gasteiger partial charge is 0.0629 e. The minimum Gasteiger partial charge on any atom is -0.0622 e. The Labute approximate surface area is 333 Å². The molecule has 0 aliphatic heterocycles. The van der Waals surface area contributed by atoms with E-state index in [4.69, 9.17) is 13.7 Å². The third-order valence-electron chi connectivity index (χ3n) is 10.7. The molecule has 9 aromatic rings. The summed E-state index contributed by atoms with van der Waals surface area (Å²) in [7, 11) is 0. The minimum absolute atomic E-state index is 0.105. The molecule has 0 aliphatic carbocycles. The van der Waals surface area contributed by atoms with Crippen LogP contribution in [0.15, 0.2) is 170 Å². The average Bonchev–Trinajstić information content (AvgIpc) is 3.27. The SMILES string of the molecule is [2H]c1c([2H])c([2H])c(-c2ccc3c(c2)cc(-c2c4ccccc4c(-c4cc(C(C)(C)C)cc(C(C)(C)C)c4)c4ccccc24)c2cc(-c4c([2H])c([2H])c([2H])c([2H])c4[2H])ccc23)c([2H])c1[2H]. The fourth-order valence-corrected chi connectivity index (χ4v) is 7.84. The standard InChI is InChI=1S/C54H46/c1-53(2,3)41-30-40(31-42(34-41)54(4,5)6)51-45-21-13-15-23-47(45)52(48-24-16-14-22-46(48)51)50-33-39-29-37(35-17-9-7-10-18-35)25-27-43(39)44-28-26-38(32-49(44)50)36-19-11-8-12-20-36/h7-34H,1-6H3/i7D,8D,9D,10D,11D,12D,17D,18D,19D,20D. The van der Waals surface area contributed by atoms with Crippen LogP contribution < -0.4 is 0 Å². The van der Waals surface area contributed by atoms with Crippen LogP contribution in [-0.2, 0) is 10.8 Å². The summed E-state index contributed by atoms with van der Waals surface area (Å²) in [4.78, 5) is 0. The molecular formula is C54H46. The molecule has 0 saturated heterocycles. The van der Waals surface area contributed by atoms with Crippen molar-refractivity contribution in [1.29, 1.82) is 0 Å². The first-order valence-electron chi connectivity index (χ1n) is 23.4. The molecule has 54 heavy (non-hydrogen) atoms. The zero-order chi connectivity index (χ0) is 45.9. The van der Waals surface area contributed by atoms with Crippen LogP contribution in [0.25, 0.3) is 87.6 Å². The van der Waals surface area contributed by atoms with Crippen molar-refractivity contribution in [1.82, 2.24) is 0 Å². The maximum Gasteiger partial charge on any atom is 0.0629 e. The van der Waals surface area contributed by atoms with Gasteiger partial charge in [0.05, 0.1) is 13.7 Å². The van der Waals surface area contributed by atoms with Crippen molar-refractivity contribution in [2.75, 3.05) is 0 Å². The summed E-state index contributed by atoms with van der Waals surface area (Å²) in [5.41, 5.74) is 7.41. The highest BCUT2D eigenvalue weighted by atomic mass is 14.3. The highest BCUT2D eigenvalue weighted by molar-refractivity contribution is 6.26. The maximum absolute atomic E-state index is 8.90. The molecule has 0 N–H and O–H groups in total. The van der Waals surface area contributed by atoms with Gasteiger partial charge in [0.1, 0.15) is 0 Å². The zero-order valence-electron chi connectivity index (χ0n) is 41.4. The van der Waals surface area contributed by atoms with E-state index in [2.05, 4.69) is 102 Å². The Balaban J connectivity index is 1.44. The van der Waals surface area contributed by atoms with Crippen molar-refractivity contribution in [2.45, 2.75) is 52.4 Å². The van der Waals surface area contributed by atoms with E-state index in [0.717, 1.165) is 65.3 Å². The van der Waals surface area contributed by atoms with Crippen LogP contribution in [0, 0.1) is 0 Å². The van der Waals surface area contributed by atoms with E-state index in [1.165, 1.54) is 11.1 Å². The maximum atomic E-state index is 8.90. The Hall–Kier alpha value is -5.98. The third kappa shape index (κ3) is 5.87. The van der Waals surface area contributed by atoms with Crippen LogP contribution in [0.1, 0.15) is 66.4 Å². The van der Waals surface area contributed by atoms with Crippen molar-refractivity contribution in [3.63, 3.8) is 0 Å². The topological polar surface area (TPSA) is 0 Å². The molecule has 9 aromatic carbocycles. The highest BCUT2D eigenvalue weighted by Gasteiger charge is 2.24. The smallest absolute Gasteiger partial charge is 0.0622 e. The Morgan fingerprint density at radius 3 is 1.31 bits per heavy atom. The van der Waals surface area contributed by atoms with Gasteiger partial charge in [0.15, 0.2) is 0 Å². The molecule has 262 valence electrons. The van der Waals surface area contributed by atoms with Crippen molar-refractivity contribution >= 4 is 43.1 Å². The summed E-state index contributed by atoms with van der Waals surface area (Å²) in [5, 5.41) is 7.31. The van der Waals surface area contributed by atoms with E-state index in [1.54, 1.807) is 12.1 Å². The summed E-state index contributed by atoms with van der Waals surface area (Å²) < 4.78 is 85.7.